The summed E-state index contributed by atoms with van der Waals surface area (Å²) in [5, 5.41) is 0. The molecular weight excluding hydrogens is 399 g/mol. The molecule has 0 amide bonds. The van der Waals surface area contributed by atoms with Crippen LogP contribution in [0.1, 0.15) is 41.5 Å². The molecular formula is C14H22Br2Cl2. The number of hydrogen-bond acceptors (Lipinski definition) is 0. The summed E-state index contributed by atoms with van der Waals surface area (Å²) < 4.78 is -0.882. The Balaban J connectivity index is 2.19. The fraction of sp³-hybridized carbons (Fsp3) is 1.00. The van der Waals surface area contributed by atoms with E-state index < -0.39 is 3.24 Å². The van der Waals surface area contributed by atoms with Gasteiger partial charge in [-0.15, -0.1) is 0 Å². The maximum absolute atomic E-state index is 6.21. The van der Waals surface area contributed by atoms with Crippen LogP contribution in [0.25, 0.3) is 0 Å². The summed E-state index contributed by atoms with van der Waals surface area (Å²) in [6.45, 7) is 14.2. The van der Waals surface area contributed by atoms with Crippen molar-refractivity contribution in [1.29, 1.82) is 0 Å². The van der Waals surface area contributed by atoms with Crippen LogP contribution in [-0.2, 0) is 0 Å². The van der Waals surface area contributed by atoms with Gasteiger partial charge in [0.15, 0.2) is 3.24 Å². The minimum atomic E-state index is -0.882. The molecule has 2 saturated carbocycles. The topological polar surface area (TPSA) is 0 Å². The van der Waals surface area contributed by atoms with E-state index in [1.807, 2.05) is 0 Å². The molecule has 106 valence electrons. The molecule has 0 N–H and O–H groups in total. The molecule has 2 fully saturated rings. The number of rotatable bonds is 3. The van der Waals surface area contributed by atoms with E-state index in [-0.39, 0.29) is 4.83 Å². The molecule has 0 saturated heterocycles. The molecule has 0 heterocycles. The number of halogens is 4. The van der Waals surface area contributed by atoms with Crippen molar-refractivity contribution < 1.29 is 0 Å². The second kappa shape index (κ2) is 4.05. The Hall–Kier alpha value is 1.54. The third-order valence-corrected chi connectivity index (χ3v) is 9.48. The summed E-state index contributed by atoms with van der Waals surface area (Å²) >= 11 is 19.5. The first-order valence-electron chi connectivity index (χ1n) is 6.48. The number of alkyl halides is 4. The Bertz CT molecular complexity index is 354. The van der Waals surface area contributed by atoms with Gasteiger partial charge in [-0.25, -0.2) is 0 Å². The van der Waals surface area contributed by atoms with Crippen LogP contribution in [0.15, 0.2) is 0 Å². The lowest BCUT2D eigenvalue weighted by atomic mass is 10.0. The summed E-state index contributed by atoms with van der Waals surface area (Å²) in [6, 6.07) is 0. The van der Waals surface area contributed by atoms with E-state index in [1.165, 1.54) is 0 Å². The molecule has 0 bridgehead atoms. The summed E-state index contributed by atoms with van der Waals surface area (Å²) in [4.78, 5) is 0.0838. The molecule has 0 aromatic carbocycles. The summed E-state index contributed by atoms with van der Waals surface area (Å²) in [5.74, 6) is 1.98. The predicted molar refractivity (Wildman–Crippen MR) is 87.9 cm³/mol. The van der Waals surface area contributed by atoms with Gasteiger partial charge in [-0.3, -0.25) is 0 Å². The van der Waals surface area contributed by atoms with E-state index in [0.717, 1.165) is 5.92 Å². The highest BCUT2D eigenvalue weighted by atomic mass is 79.9. The zero-order chi connectivity index (χ0) is 14.3. The van der Waals surface area contributed by atoms with Crippen molar-refractivity contribution >= 4 is 55.1 Å². The van der Waals surface area contributed by atoms with Crippen LogP contribution in [0.2, 0.25) is 0 Å². The van der Waals surface area contributed by atoms with Gasteiger partial charge in [0.05, 0.1) is 4.83 Å². The van der Waals surface area contributed by atoms with E-state index in [2.05, 4.69) is 73.4 Å². The highest BCUT2D eigenvalue weighted by Gasteiger charge is 2.78. The lowest BCUT2D eigenvalue weighted by Gasteiger charge is -2.20. The second-order valence-corrected chi connectivity index (χ2v) is 12.3. The first kappa shape index (κ1) is 15.9. The average molecular weight is 421 g/mol. The van der Waals surface area contributed by atoms with Gasteiger partial charge in [-0.05, 0) is 49.9 Å². The van der Waals surface area contributed by atoms with Crippen LogP contribution in [0.5, 0.6) is 0 Å². The van der Waals surface area contributed by atoms with Gasteiger partial charge in [0, 0.05) is 0 Å². The molecule has 0 aromatic heterocycles. The van der Waals surface area contributed by atoms with E-state index in [1.54, 1.807) is 0 Å². The quantitative estimate of drug-likeness (QED) is 0.474. The summed E-state index contributed by atoms with van der Waals surface area (Å²) in [6.07, 6.45) is 0. The smallest absolute Gasteiger partial charge is 0.0875 e. The minimum Gasteiger partial charge on any atom is -0.0875 e. The third-order valence-electron chi connectivity index (χ3n) is 6.12. The largest absolute Gasteiger partial charge is 0.184 e. The van der Waals surface area contributed by atoms with Crippen molar-refractivity contribution in [3.8, 4) is 0 Å². The zero-order valence-electron chi connectivity index (χ0n) is 11.8. The van der Waals surface area contributed by atoms with Gasteiger partial charge >= 0.3 is 0 Å². The van der Waals surface area contributed by atoms with Crippen molar-refractivity contribution in [2.24, 2.45) is 34.0 Å². The molecule has 0 spiro atoms. The minimum absolute atomic E-state index is 0.0838. The summed E-state index contributed by atoms with van der Waals surface area (Å²) in [5.41, 5.74) is 1.15. The van der Waals surface area contributed by atoms with Gasteiger partial charge < -0.3 is 0 Å². The van der Waals surface area contributed by atoms with E-state index in [0.29, 0.717) is 28.1 Å². The Labute approximate surface area is 138 Å². The fourth-order valence-electron chi connectivity index (χ4n) is 4.26. The molecule has 18 heavy (non-hydrogen) atoms. The van der Waals surface area contributed by atoms with Crippen LogP contribution in [0, 0.1) is 34.0 Å². The van der Waals surface area contributed by atoms with Gasteiger partial charge in [-0.2, -0.15) is 0 Å². The molecule has 0 aromatic rings. The molecule has 0 radical (unpaired) electrons. The molecule has 3 unspecified atom stereocenters. The summed E-state index contributed by atoms with van der Waals surface area (Å²) in [7, 11) is 0. The molecule has 2 rings (SSSR count). The second-order valence-electron chi connectivity index (χ2n) is 7.74. The normalized spacial score (nSPS) is 38.3. The van der Waals surface area contributed by atoms with Gasteiger partial charge in [0.2, 0.25) is 0 Å². The Kier molecular flexibility index (Phi) is 3.58. The molecule has 4 heteroatoms. The number of hydrogen-bond donors (Lipinski definition) is 0. The average Bonchev–Trinajstić information content (AvgIpc) is 2.78. The van der Waals surface area contributed by atoms with Crippen molar-refractivity contribution in [1.82, 2.24) is 0 Å². The van der Waals surface area contributed by atoms with E-state index in [4.69, 9.17) is 23.2 Å². The lowest BCUT2D eigenvalue weighted by molar-refractivity contribution is 0.446. The molecule has 0 nitrogen and oxygen atoms in total. The Morgan fingerprint density at radius 3 is 1.67 bits per heavy atom. The van der Waals surface area contributed by atoms with E-state index >= 15 is 0 Å². The Morgan fingerprint density at radius 2 is 1.39 bits per heavy atom. The standard InChI is InChI=1S/C14H22Br2Cl2/c1-11(2)7(8(11)10(15)14(16,17)18)9-12(3,4)13(9,5)6/h7-10H,1-6H3. The van der Waals surface area contributed by atoms with Crippen LogP contribution in [-0.4, -0.2) is 8.07 Å². The SMILES string of the molecule is CC1(C)C(C(Br)C(Cl)(Cl)Br)C1C1C(C)(C)C1(C)C. The highest BCUT2D eigenvalue weighted by Crippen LogP contribution is 2.82. The first-order chi connectivity index (χ1) is 7.77. The maximum Gasteiger partial charge on any atom is 0.184 e. The van der Waals surface area contributed by atoms with Crippen molar-refractivity contribution in [3.05, 3.63) is 0 Å². The van der Waals surface area contributed by atoms with Gasteiger partial charge in [0.1, 0.15) is 0 Å². The molecule has 3 atom stereocenters. The maximum atomic E-state index is 6.21. The van der Waals surface area contributed by atoms with Crippen LogP contribution in [0.3, 0.4) is 0 Å². The molecule has 2 aliphatic rings. The zero-order valence-corrected chi connectivity index (χ0v) is 16.5. The predicted octanol–water partition coefficient (Wildman–Crippen LogP) is 6.23. The molecule has 0 aliphatic heterocycles. The lowest BCUT2D eigenvalue weighted by Crippen LogP contribution is -2.23. The van der Waals surface area contributed by atoms with Crippen molar-refractivity contribution in [3.63, 3.8) is 0 Å². The van der Waals surface area contributed by atoms with E-state index in [9.17, 15) is 0 Å². The Morgan fingerprint density at radius 1 is 1.00 bits per heavy atom. The van der Waals surface area contributed by atoms with Crippen LogP contribution < -0.4 is 0 Å². The monoisotopic (exact) mass is 418 g/mol. The van der Waals surface area contributed by atoms with Gasteiger partial charge in [-0.1, -0.05) is 80.7 Å². The third kappa shape index (κ3) is 2.04. The van der Waals surface area contributed by atoms with Crippen LogP contribution >= 0.6 is 55.1 Å². The van der Waals surface area contributed by atoms with Crippen molar-refractivity contribution in [2.75, 3.05) is 0 Å². The molecule has 2 aliphatic carbocycles. The van der Waals surface area contributed by atoms with Crippen LogP contribution in [0.4, 0.5) is 0 Å². The first-order valence-corrected chi connectivity index (χ1v) is 8.94. The van der Waals surface area contributed by atoms with Crippen molar-refractivity contribution in [2.45, 2.75) is 49.6 Å². The fourth-order valence-corrected chi connectivity index (χ4v) is 5.83. The van der Waals surface area contributed by atoms with Gasteiger partial charge in [0.25, 0.3) is 0 Å². The highest BCUT2D eigenvalue weighted by molar-refractivity contribution is 9.13.